The Hall–Kier alpha value is -1.13. The van der Waals surface area contributed by atoms with Crippen molar-refractivity contribution in [1.82, 2.24) is 0 Å². The zero-order valence-corrected chi connectivity index (χ0v) is 10.5. The molecule has 0 heterocycles. The molecule has 0 saturated heterocycles. The average molecular weight is 240 g/mol. The Balaban J connectivity index is 2.40. The summed E-state index contributed by atoms with van der Waals surface area (Å²) in [5.74, 6) is -0.220. The second-order valence-corrected chi connectivity index (χ2v) is 4.26. The number of rotatable bonds is 7. The van der Waals surface area contributed by atoms with Gasteiger partial charge in [-0.2, -0.15) is 0 Å². The third-order valence-electron chi connectivity index (χ3n) is 2.68. The van der Waals surface area contributed by atoms with Crippen LogP contribution in [0.4, 0.5) is 10.1 Å². The second kappa shape index (κ2) is 7.25. The molecule has 0 aliphatic rings. The predicted molar refractivity (Wildman–Crippen MR) is 68.8 cm³/mol. The second-order valence-electron chi connectivity index (χ2n) is 4.26. The summed E-state index contributed by atoms with van der Waals surface area (Å²) >= 11 is 0. The van der Waals surface area contributed by atoms with Crippen molar-refractivity contribution in [2.45, 2.75) is 18.9 Å². The van der Waals surface area contributed by atoms with E-state index in [0.29, 0.717) is 6.54 Å². The zero-order chi connectivity index (χ0) is 12.7. The first-order valence-electron chi connectivity index (χ1n) is 5.84. The largest absolute Gasteiger partial charge is 0.385 e. The molecule has 0 saturated carbocycles. The van der Waals surface area contributed by atoms with Crippen LogP contribution in [0.1, 0.15) is 12.8 Å². The lowest BCUT2D eigenvalue weighted by atomic mass is 10.1. The van der Waals surface area contributed by atoms with Crippen LogP contribution in [0.5, 0.6) is 0 Å². The fraction of sp³-hybridized carbons (Fsp3) is 0.538. The molecule has 0 radical (unpaired) electrons. The van der Waals surface area contributed by atoms with Gasteiger partial charge in [0.05, 0.1) is 0 Å². The molecular weight excluding hydrogens is 219 g/mol. The molecule has 96 valence electrons. The van der Waals surface area contributed by atoms with Crippen molar-refractivity contribution in [3.05, 3.63) is 30.1 Å². The van der Waals surface area contributed by atoms with E-state index in [1.165, 1.54) is 12.1 Å². The smallest absolute Gasteiger partial charge is 0.125 e. The Kier molecular flexibility index (Phi) is 5.94. The highest BCUT2D eigenvalue weighted by molar-refractivity contribution is 5.45. The van der Waals surface area contributed by atoms with Crippen molar-refractivity contribution in [2.24, 2.45) is 5.73 Å². The van der Waals surface area contributed by atoms with Crippen LogP contribution in [-0.2, 0) is 4.74 Å². The monoisotopic (exact) mass is 240 g/mol. The van der Waals surface area contributed by atoms with Crippen molar-refractivity contribution < 1.29 is 9.13 Å². The fourth-order valence-corrected chi connectivity index (χ4v) is 1.75. The van der Waals surface area contributed by atoms with Gasteiger partial charge in [-0.05, 0) is 31.0 Å². The van der Waals surface area contributed by atoms with E-state index in [9.17, 15) is 4.39 Å². The summed E-state index contributed by atoms with van der Waals surface area (Å²) in [7, 11) is 3.61. The van der Waals surface area contributed by atoms with E-state index in [1.54, 1.807) is 13.2 Å². The van der Waals surface area contributed by atoms with Crippen molar-refractivity contribution in [3.8, 4) is 0 Å². The molecule has 0 bridgehead atoms. The highest BCUT2D eigenvalue weighted by atomic mass is 19.1. The van der Waals surface area contributed by atoms with Gasteiger partial charge in [-0.1, -0.05) is 6.07 Å². The standard InChI is InChI=1S/C13H21FN2O/c1-16(10-12(15)6-4-8-17-2)13-7-3-5-11(14)9-13/h3,5,7,9,12H,4,6,8,10,15H2,1-2H3. The number of likely N-dealkylation sites (N-methyl/N-ethyl adjacent to an activating group) is 1. The molecule has 0 fully saturated rings. The Morgan fingerprint density at radius 3 is 2.88 bits per heavy atom. The quantitative estimate of drug-likeness (QED) is 0.741. The van der Waals surface area contributed by atoms with E-state index in [0.717, 1.165) is 25.1 Å². The summed E-state index contributed by atoms with van der Waals surface area (Å²) in [6.07, 6.45) is 1.86. The van der Waals surface area contributed by atoms with Crippen molar-refractivity contribution >= 4 is 5.69 Å². The molecule has 3 nitrogen and oxygen atoms in total. The molecule has 0 spiro atoms. The van der Waals surface area contributed by atoms with Crippen molar-refractivity contribution in [2.75, 3.05) is 32.2 Å². The van der Waals surface area contributed by atoms with E-state index in [2.05, 4.69) is 0 Å². The van der Waals surface area contributed by atoms with Crippen molar-refractivity contribution in [1.29, 1.82) is 0 Å². The van der Waals surface area contributed by atoms with Crippen molar-refractivity contribution in [3.63, 3.8) is 0 Å². The number of nitrogens with zero attached hydrogens (tertiary/aromatic N) is 1. The topological polar surface area (TPSA) is 38.5 Å². The Morgan fingerprint density at radius 1 is 1.47 bits per heavy atom. The summed E-state index contributed by atoms with van der Waals surface area (Å²) in [4.78, 5) is 1.97. The number of halogens is 1. The van der Waals surface area contributed by atoms with Crippen LogP contribution in [0.15, 0.2) is 24.3 Å². The highest BCUT2D eigenvalue weighted by Crippen LogP contribution is 2.14. The van der Waals surface area contributed by atoms with Gasteiger partial charge in [-0.15, -0.1) is 0 Å². The van der Waals surface area contributed by atoms with Gasteiger partial charge in [-0.3, -0.25) is 0 Å². The summed E-state index contributed by atoms with van der Waals surface area (Å²) in [6.45, 7) is 1.45. The maximum Gasteiger partial charge on any atom is 0.125 e. The molecule has 17 heavy (non-hydrogen) atoms. The molecular formula is C13H21FN2O. The number of methoxy groups -OCH3 is 1. The first-order chi connectivity index (χ1) is 8.13. The van der Waals surface area contributed by atoms with E-state index < -0.39 is 0 Å². The SMILES string of the molecule is COCCCC(N)CN(C)c1cccc(F)c1. The lowest BCUT2D eigenvalue weighted by Gasteiger charge is -2.23. The van der Waals surface area contributed by atoms with Crippen LogP contribution in [0.3, 0.4) is 0 Å². The van der Waals surface area contributed by atoms with E-state index in [-0.39, 0.29) is 11.9 Å². The molecule has 0 aliphatic carbocycles. The Bertz CT molecular complexity index is 333. The van der Waals surface area contributed by atoms with E-state index in [4.69, 9.17) is 10.5 Å². The number of nitrogens with two attached hydrogens (primary N) is 1. The van der Waals surface area contributed by atoms with Gasteiger partial charge in [0.1, 0.15) is 5.82 Å². The zero-order valence-electron chi connectivity index (χ0n) is 10.5. The maximum atomic E-state index is 13.0. The third-order valence-corrected chi connectivity index (χ3v) is 2.68. The summed E-state index contributed by atoms with van der Waals surface area (Å²) in [5, 5.41) is 0. The normalized spacial score (nSPS) is 12.5. The summed E-state index contributed by atoms with van der Waals surface area (Å²) < 4.78 is 18.0. The van der Waals surface area contributed by atoms with Gasteiger partial charge in [0, 0.05) is 39.0 Å². The first kappa shape index (κ1) is 13.9. The molecule has 0 amide bonds. The minimum absolute atomic E-state index is 0.0819. The Labute approximate surface area is 102 Å². The van der Waals surface area contributed by atoms with Gasteiger partial charge in [0.25, 0.3) is 0 Å². The molecule has 1 atom stereocenters. The molecule has 1 aromatic rings. The first-order valence-corrected chi connectivity index (χ1v) is 5.84. The van der Waals surface area contributed by atoms with Gasteiger partial charge >= 0.3 is 0 Å². The third kappa shape index (κ3) is 5.15. The van der Waals surface area contributed by atoms with Crippen LogP contribution in [0, 0.1) is 5.82 Å². The molecule has 2 N–H and O–H groups in total. The molecule has 0 aliphatic heterocycles. The Morgan fingerprint density at radius 2 is 2.24 bits per heavy atom. The van der Waals surface area contributed by atoms with Gasteiger partial charge in [0.2, 0.25) is 0 Å². The molecule has 1 rings (SSSR count). The lowest BCUT2D eigenvalue weighted by molar-refractivity contribution is 0.190. The van der Waals surface area contributed by atoms with Crippen LogP contribution in [0.25, 0.3) is 0 Å². The average Bonchev–Trinajstić information content (AvgIpc) is 2.29. The maximum absolute atomic E-state index is 13.0. The fourth-order valence-electron chi connectivity index (χ4n) is 1.75. The molecule has 1 unspecified atom stereocenters. The van der Waals surface area contributed by atoms with E-state index in [1.807, 2.05) is 18.0 Å². The van der Waals surface area contributed by atoms with Gasteiger partial charge in [0.15, 0.2) is 0 Å². The molecule has 0 aromatic heterocycles. The number of anilines is 1. The summed E-state index contributed by atoms with van der Waals surface area (Å²) in [6, 6.07) is 6.62. The number of hydrogen-bond donors (Lipinski definition) is 1. The number of benzene rings is 1. The predicted octanol–water partition coefficient (Wildman–Crippen LogP) is 2.02. The highest BCUT2D eigenvalue weighted by Gasteiger charge is 2.08. The summed E-state index contributed by atoms with van der Waals surface area (Å²) in [5.41, 5.74) is 6.85. The van der Waals surface area contributed by atoms with Crippen LogP contribution in [0.2, 0.25) is 0 Å². The van der Waals surface area contributed by atoms with Crippen LogP contribution < -0.4 is 10.6 Å². The number of ether oxygens (including phenoxy) is 1. The minimum atomic E-state index is -0.220. The van der Waals surface area contributed by atoms with Crippen LogP contribution in [-0.4, -0.2) is 33.4 Å². The van der Waals surface area contributed by atoms with Gasteiger partial charge in [-0.25, -0.2) is 4.39 Å². The minimum Gasteiger partial charge on any atom is -0.385 e. The van der Waals surface area contributed by atoms with Crippen LogP contribution >= 0.6 is 0 Å². The molecule has 1 aromatic carbocycles. The van der Waals surface area contributed by atoms with E-state index >= 15 is 0 Å². The molecule has 4 heteroatoms. The van der Waals surface area contributed by atoms with Gasteiger partial charge < -0.3 is 15.4 Å². The lowest BCUT2D eigenvalue weighted by Crippen LogP contribution is -2.35. The number of hydrogen-bond acceptors (Lipinski definition) is 3.